The number of aliphatic imine (C=N–C) groups is 1. The smallest absolute Gasteiger partial charge is 0.350 e. The van der Waals surface area contributed by atoms with Crippen LogP contribution in [0.1, 0.15) is 51.9 Å². The average Bonchev–Trinajstić information content (AvgIpc) is 3.10. The molecule has 1 heterocycles. The summed E-state index contributed by atoms with van der Waals surface area (Å²) in [6.07, 6.45) is 0. The van der Waals surface area contributed by atoms with Gasteiger partial charge in [0.1, 0.15) is 9.88 Å². The predicted molar refractivity (Wildman–Crippen MR) is 119 cm³/mol. The van der Waals surface area contributed by atoms with Crippen LogP contribution < -0.4 is 10.6 Å². The quantitative estimate of drug-likeness (QED) is 0.390. The van der Waals surface area contributed by atoms with E-state index in [-0.39, 0.29) is 18.1 Å². The lowest BCUT2D eigenvalue weighted by molar-refractivity contribution is 0.0531. The van der Waals surface area contributed by atoms with Gasteiger partial charge in [0.2, 0.25) is 0 Å². The van der Waals surface area contributed by atoms with Crippen LogP contribution in [0, 0.1) is 6.92 Å². The van der Waals surface area contributed by atoms with Crippen molar-refractivity contribution in [3.63, 3.8) is 0 Å². The Hall–Kier alpha value is -2.45. The highest BCUT2D eigenvalue weighted by molar-refractivity contribution is 7.13. The summed E-state index contributed by atoms with van der Waals surface area (Å²) in [5.41, 5.74) is 1.93. The monoisotopic (exact) mass is 417 g/mol. The van der Waals surface area contributed by atoms with Crippen LogP contribution in [0.2, 0.25) is 0 Å². The predicted octanol–water partition coefficient (Wildman–Crippen LogP) is 3.16. The molecule has 2 rings (SSSR count). The Labute approximate surface area is 177 Å². The Morgan fingerprint density at radius 3 is 2.59 bits per heavy atom. The molecule has 2 atom stereocenters. The highest BCUT2D eigenvalue weighted by Gasteiger charge is 2.20. The van der Waals surface area contributed by atoms with E-state index < -0.39 is 0 Å². The molecule has 0 aliphatic heterocycles. The van der Waals surface area contributed by atoms with E-state index in [2.05, 4.69) is 51.7 Å². The number of carbonyl (C=O) groups is 1. The number of hydrogen-bond acceptors (Lipinski definition) is 6. The first-order valence-electron chi connectivity index (χ1n) is 9.70. The van der Waals surface area contributed by atoms with E-state index in [1.807, 2.05) is 32.0 Å². The molecule has 7 nitrogen and oxygen atoms in total. The van der Waals surface area contributed by atoms with Crippen LogP contribution in [0.5, 0.6) is 0 Å². The molecule has 1 aromatic carbocycles. The Kier molecular flexibility index (Phi) is 8.60. The number of nitrogens with zero attached hydrogens (tertiary/aromatic N) is 3. The lowest BCUT2D eigenvalue weighted by Gasteiger charge is -2.26. The molecule has 158 valence electrons. The minimum Gasteiger partial charge on any atom is -0.462 e. The maximum atomic E-state index is 12.0. The standard InChI is InChI=1S/C21H31N5O2S/c1-7-28-20(27)18-14(2)24-19(29-18)15(3)25-21(22-4)23-13-17(26(5)6)16-11-9-8-10-12-16/h8-12,15,17H,7,13H2,1-6H3,(H2,22,23,25). The highest BCUT2D eigenvalue weighted by Crippen LogP contribution is 2.24. The normalized spacial score (nSPS) is 13.8. The number of rotatable bonds is 8. The molecule has 2 aromatic rings. The zero-order valence-electron chi connectivity index (χ0n) is 18.0. The number of aromatic nitrogens is 1. The molecule has 1 aromatic heterocycles. The summed E-state index contributed by atoms with van der Waals surface area (Å²) >= 11 is 1.36. The topological polar surface area (TPSA) is 78.8 Å². The van der Waals surface area contributed by atoms with Crippen molar-refractivity contribution in [1.82, 2.24) is 20.5 Å². The molecule has 0 bridgehead atoms. The van der Waals surface area contributed by atoms with Crippen LogP contribution >= 0.6 is 11.3 Å². The number of aryl methyl sites for hydroxylation is 1. The number of guanidine groups is 1. The summed E-state index contributed by atoms with van der Waals surface area (Å²) in [5, 5.41) is 7.57. The third kappa shape index (κ3) is 6.27. The van der Waals surface area contributed by atoms with E-state index in [4.69, 9.17) is 4.74 Å². The molecule has 0 aliphatic carbocycles. The molecule has 0 fully saturated rings. The zero-order chi connectivity index (χ0) is 21.4. The first-order chi connectivity index (χ1) is 13.9. The van der Waals surface area contributed by atoms with Crippen molar-refractivity contribution in [2.45, 2.75) is 32.9 Å². The first kappa shape index (κ1) is 22.8. The Bertz CT molecular complexity index is 820. The minimum atomic E-state index is -0.319. The molecule has 0 saturated heterocycles. The van der Waals surface area contributed by atoms with Gasteiger partial charge in [-0.2, -0.15) is 0 Å². The van der Waals surface area contributed by atoms with Crippen molar-refractivity contribution >= 4 is 23.3 Å². The van der Waals surface area contributed by atoms with E-state index in [0.29, 0.717) is 29.7 Å². The van der Waals surface area contributed by atoms with E-state index >= 15 is 0 Å². The van der Waals surface area contributed by atoms with Gasteiger partial charge in [0.15, 0.2) is 5.96 Å². The van der Waals surface area contributed by atoms with Crippen LogP contribution in [-0.2, 0) is 4.74 Å². The SMILES string of the molecule is CCOC(=O)c1sc(C(C)NC(=NC)NCC(c2ccccc2)N(C)C)nc1C. The van der Waals surface area contributed by atoms with Crippen LogP contribution in [0.4, 0.5) is 0 Å². The van der Waals surface area contributed by atoms with Crippen LogP contribution in [0.3, 0.4) is 0 Å². The maximum absolute atomic E-state index is 12.0. The summed E-state index contributed by atoms with van der Waals surface area (Å²) in [6.45, 7) is 6.68. The second-order valence-electron chi connectivity index (χ2n) is 6.90. The fourth-order valence-corrected chi connectivity index (χ4v) is 3.88. The van der Waals surface area contributed by atoms with E-state index in [9.17, 15) is 4.79 Å². The van der Waals surface area contributed by atoms with Gasteiger partial charge in [0.25, 0.3) is 0 Å². The fraction of sp³-hybridized carbons (Fsp3) is 0.476. The van der Waals surface area contributed by atoms with Crippen LogP contribution in [0.25, 0.3) is 0 Å². The van der Waals surface area contributed by atoms with Gasteiger partial charge < -0.3 is 20.3 Å². The number of esters is 1. The number of thiazole rings is 1. The first-order valence-corrected chi connectivity index (χ1v) is 10.5. The maximum Gasteiger partial charge on any atom is 0.350 e. The molecular formula is C21H31N5O2S. The summed E-state index contributed by atoms with van der Waals surface area (Å²) in [4.78, 5) is 23.6. The van der Waals surface area contributed by atoms with Crippen LogP contribution in [0.15, 0.2) is 35.3 Å². The average molecular weight is 418 g/mol. The summed E-state index contributed by atoms with van der Waals surface area (Å²) in [5.74, 6) is 0.367. The Balaban J connectivity index is 2.02. The molecule has 0 amide bonds. The largest absolute Gasteiger partial charge is 0.462 e. The molecule has 0 aliphatic rings. The van der Waals surface area contributed by atoms with Crippen molar-refractivity contribution < 1.29 is 9.53 Å². The number of carbonyl (C=O) groups excluding carboxylic acids is 1. The number of likely N-dealkylation sites (N-methyl/N-ethyl adjacent to an activating group) is 1. The second kappa shape index (κ2) is 10.9. The molecule has 8 heteroatoms. The molecule has 2 unspecified atom stereocenters. The van der Waals surface area contributed by atoms with Gasteiger partial charge in [-0.05, 0) is 40.4 Å². The van der Waals surface area contributed by atoms with E-state index in [0.717, 1.165) is 5.01 Å². The second-order valence-corrected chi connectivity index (χ2v) is 7.93. The number of ether oxygens (including phenoxy) is 1. The molecule has 2 N–H and O–H groups in total. The summed E-state index contributed by atoms with van der Waals surface area (Å²) in [7, 11) is 5.87. The zero-order valence-corrected chi connectivity index (χ0v) is 18.8. The van der Waals surface area contributed by atoms with Crippen molar-refractivity contribution in [1.29, 1.82) is 0 Å². The van der Waals surface area contributed by atoms with E-state index in [1.165, 1.54) is 16.9 Å². The van der Waals surface area contributed by atoms with Gasteiger partial charge >= 0.3 is 5.97 Å². The number of benzene rings is 1. The van der Waals surface area contributed by atoms with Crippen molar-refractivity contribution in [2.75, 3.05) is 34.3 Å². The van der Waals surface area contributed by atoms with Crippen molar-refractivity contribution in [2.24, 2.45) is 4.99 Å². The third-order valence-corrected chi connectivity index (χ3v) is 5.81. The Morgan fingerprint density at radius 1 is 1.31 bits per heavy atom. The van der Waals surface area contributed by atoms with Gasteiger partial charge in [0.05, 0.1) is 24.4 Å². The van der Waals surface area contributed by atoms with Gasteiger partial charge in [0, 0.05) is 13.6 Å². The fourth-order valence-electron chi connectivity index (χ4n) is 2.92. The third-order valence-electron chi connectivity index (χ3n) is 4.49. The van der Waals surface area contributed by atoms with Gasteiger partial charge in [-0.1, -0.05) is 30.3 Å². The Morgan fingerprint density at radius 2 is 2.00 bits per heavy atom. The lowest BCUT2D eigenvalue weighted by atomic mass is 10.1. The van der Waals surface area contributed by atoms with E-state index in [1.54, 1.807) is 14.0 Å². The molecule has 0 saturated carbocycles. The lowest BCUT2D eigenvalue weighted by Crippen LogP contribution is -2.42. The minimum absolute atomic E-state index is 0.0948. The van der Waals surface area contributed by atoms with Gasteiger partial charge in [-0.3, -0.25) is 4.99 Å². The molecular weight excluding hydrogens is 386 g/mol. The molecule has 0 radical (unpaired) electrons. The van der Waals surface area contributed by atoms with Crippen molar-refractivity contribution in [3.8, 4) is 0 Å². The summed E-state index contributed by atoms with van der Waals surface area (Å²) in [6, 6.07) is 10.5. The number of hydrogen-bond donors (Lipinski definition) is 2. The van der Waals surface area contributed by atoms with Gasteiger partial charge in [-0.15, -0.1) is 11.3 Å². The number of nitrogens with one attached hydrogen (secondary N) is 2. The molecule has 29 heavy (non-hydrogen) atoms. The van der Waals surface area contributed by atoms with Crippen molar-refractivity contribution in [3.05, 3.63) is 51.5 Å². The van der Waals surface area contributed by atoms with Gasteiger partial charge in [-0.25, -0.2) is 9.78 Å². The summed E-state index contributed by atoms with van der Waals surface area (Å²) < 4.78 is 5.10. The highest BCUT2D eigenvalue weighted by atomic mass is 32.1. The van der Waals surface area contributed by atoms with Crippen LogP contribution in [-0.4, -0.2) is 56.1 Å². The molecule has 0 spiro atoms.